The number of aromatic nitrogens is 1. The van der Waals surface area contributed by atoms with Gasteiger partial charge in [0.05, 0.1) is 0 Å². The van der Waals surface area contributed by atoms with E-state index in [0.29, 0.717) is 6.04 Å². The van der Waals surface area contributed by atoms with Crippen molar-refractivity contribution in [2.24, 2.45) is 0 Å². The van der Waals surface area contributed by atoms with Crippen LogP contribution in [0.4, 0.5) is 0 Å². The van der Waals surface area contributed by atoms with Crippen LogP contribution in [-0.4, -0.2) is 11.0 Å². The number of benzene rings is 1. The Bertz CT molecular complexity index is 515. The Hall–Kier alpha value is -1.61. The van der Waals surface area contributed by atoms with Crippen LogP contribution in [-0.2, 0) is 0 Å². The topological polar surface area (TPSA) is 34.1 Å². The van der Waals surface area contributed by atoms with E-state index in [2.05, 4.69) is 16.5 Å². The highest BCUT2D eigenvalue weighted by atomic mass is 16.6. The number of nitrogens with one attached hydrogen (secondary N) is 1. The average molecular weight is 242 g/mol. The monoisotopic (exact) mass is 242 g/mol. The van der Waals surface area contributed by atoms with Gasteiger partial charge in [0.1, 0.15) is 0 Å². The summed E-state index contributed by atoms with van der Waals surface area (Å²) in [7, 11) is 0. The molecule has 18 heavy (non-hydrogen) atoms. The van der Waals surface area contributed by atoms with Crippen LogP contribution in [0, 0.1) is 0 Å². The first-order valence-electron chi connectivity index (χ1n) is 6.68. The van der Waals surface area contributed by atoms with Crippen LogP contribution in [0.2, 0.25) is 0 Å². The molecule has 0 aliphatic heterocycles. The van der Waals surface area contributed by atoms with Gasteiger partial charge in [-0.1, -0.05) is 31.4 Å². The van der Waals surface area contributed by atoms with Crippen molar-refractivity contribution in [2.75, 3.05) is 0 Å². The second-order valence-corrected chi connectivity index (χ2v) is 4.91. The van der Waals surface area contributed by atoms with Crippen molar-refractivity contribution in [2.45, 2.75) is 38.1 Å². The Morgan fingerprint density at radius 3 is 2.89 bits per heavy atom. The molecule has 0 saturated heterocycles. The van der Waals surface area contributed by atoms with Gasteiger partial charge in [-0.05, 0) is 30.4 Å². The highest BCUT2D eigenvalue weighted by molar-refractivity contribution is 5.87. The molecule has 0 radical (unpaired) electrons. The van der Waals surface area contributed by atoms with E-state index in [-0.39, 0.29) is 0 Å². The third-order valence-corrected chi connectivity index (χ3v) is 3.58. The fraction of sp³-hybridized carbons (Fsp3) is 0.400. The summed E-state index contributed by atoms with van der Waals surface area (Å²) in [5.41, 5.74) is 3.20. The molecule has 1 aromatic heterocycles. The maximum absolute atomic E-state index is 5.77. The number of pyridine rings is 1. The summed E-state index contributed by atoms with van der Waals surface area (Å²) < 4.78 is 0. The Kier molecular flexibility index (Phi) is 3.42. The lowest BCUT2D eigenvalue weighted by Gasteiger charge is -2.22. The molecule has 1 aromatic carbocycles. The fourth-order valence-electron chi connectivity index (χ4n) is 2.54. The van der Waals surface area contributed by atoms with Gasteiger partial charge in [0.15, 0.2) is 5.75 Å². The van der Waals surface area contributed by atoms with Crippen molar-refractivity contribution in [3.8, 4) is 5.75 Å². The second kappa shape index (κ2) is 5.36. The van der Waals surface area contributed by atoms with Crippen LogP contribution >= 0.6 is 0 Å². The van der Waals surface area contributed by atoms with Crippen molar-refractivity contribution in [1.82, 2.24) is 10.5 Å². The zero-order valence-electron chi connectivity index (χ0n) is 10.4. The molecule has 0 unspecified atom stereocenters. The Balaban J connectivity index is 1.74. The minimum absolute atomic E-state index is 0.491. The van der Waals surface area contributed by atoms with E-state index in [9.17, 15) is 0 Å². The molecule has 0 bridgehead atoms. The first kappa shape index (κ1) is 11.5. The van der Waals surface area contributed by atoms with Gasteiger partial charge in [0.2, 0.25) is 0 Å². The molecule has 0 amide bonds. The molecule has 0 spiro atoms. The first-order valence-corrected chi connectivity index (χ1v) is 6.68. The first-order chi connectivity index (χ1) is 8.93. The number of nitrogens with zero attached hydrogens (tertiary/aromatic N) is 1. The average Bonchev–Trinajstić information content (AvgIpc) is 2.46. The molecule has 1 fully saturated rings. The molecular formula is C15H18N2O. The minimum Gasteiger partial charge on any atom is -0.408 e. The van der Waals surface area contributed by atoms with Gasteiger partial charge in [-0.2, -0.15) is 5.48 Å². The van der Waals surface area contributed by atoms with Crippen LogP contribution in [0.1, 0.15) is 32.1 Å². The van der Waals surface area contributed by atoms with Crippen LogP contribution in [0.5, 0.6) is 5.75 Å². The number of hydrogen-bond donors (Lipinski definition) is 1. The van der Waals surface area contributed by atoms with E-state index in [1.54, 1.807) is 6.20 Å². The molecule has 2 aromatic rings. The van der Waals surface area contributed by atoms with Crippen LogP contribution in [0.15, 0.2) is 36.7 Å². The predicted molar refractivity (Wildman–Crippen MR) is 72.4 cm³/mol. The van der Waals surface area contributed by atoms with Gasteiger partial charge in [0, 0.05) is 23.8 Å². The van der Waals surface area contributed by atoms with Gasteiger partial charge in [-0.15, -0.1) is 0 Å². The molecule has 1 saturated carbocycles. The lowest BCUT2D eigenvalue weighted by atomic mass is 9.96. The van der Waals surface area contributed by atoms with Crippen LogP contribution in [0.25, 0.3) is 10.8 Å². The molecular weight excluding hydrogens is 224 g/mol. The summed E-state index contributed by atoms with van der Waals surface area (Å²) in [6, 6.07) is 8.57. The van der Waals surface area contributed by atoms with Crippen molar-refractivity contribution in [1.29, 1.82) is 0 Å². The molecule has 1 aliphatic rings. The highest BCUT2D eigenvalue weighted by Gasteiger charge is 2.13. The summed E-state index contributed by atoms with van der Waals surface area (Å²) in [4.78, 5) is 9.93. The van der Waals surface area contributed by atoms with Crippen molar-refractivity contribution >= 4 is 10.8 Å². The SMILES string of the molecule is c1cc(ONC2CCCCC2)c2cnccc2c1. The lowest BCUT2D eigenvalue weighted by Crippen LogP contribution is -2.33. The van der Waals surface area contributed by atoms with E-state index in [1.807, 2.05) is 24.4 Å². The van der Waals surface area contributed by atoms with Crippen molar-refractivity contribution < 1.29 is 4.84 Å². The highest BCUT2D eigenvalue weighted by Crippen LogP contribution is 2.24. The normalized spacial score (nSPS) is 16.9. The summed E-state index contributed by atoms with van der Waals surface area (Å²) in [6.07, 6.45) is 10.0. The molecule has 94 valence electrons. The summed E-state index contributed by atoms with van der Waals surface area (Å²) in [6.45, 7) is 0. The summed E-state index contributed by atoms with van der Waals surface area (Å²) >= 11 is 0. The number of hydrogen-bond acceptors (Lipinski definition) is 3. The Labute approximate surface area is 107 Å². The fourth-order valence-corrected chi connectivity index (χ4v) is 2.54. The third kappa shape index (κ3) is 2.46. The Morgan fingerprint density at radius 1 is 1.11 bits per heavy atom. The van der Waals surface area contributed by atoms with Gasteiger partial charge in [-0.3, -0.25) is 4.98 Å². The standard InChI is InChI=1S/C15H18N2O/c1-2-6-13(7-3-1)17-18-15-8-4-5-12-9-10-16-11-14(12)15/h4-5,8-11,13,17H,1-3,6-7H2. The van der Waals surface area contributed by atoms with Crippen molar-refractivity contribution in [3.05, 3.63) is 36.7 Å². The maximum atomic E-state index is 5.77. The molecule has 3 heteroatoms. The third-order valence-electron chi connectivity index (χ3n) is 3.58. The zero-order chi connectivity index (χ0) is 12.2. The zero-order valence-corrected chi connectivity index (χ0v) is 10.4. The van der Waals surface area contributed by atoms with Crippen LogP contribution in [0.3, 0.4) is 0 Å². The smallest absolute Gasteiger partial charge is 0.156 e. The quantitative estimate of drug-likeness (QED) is 0.837. The van der Waals surface area contributed by atoms with E-state index < -0.39 is 0 Å². The summed E-state index contributed by atoms with van der Waals surface area (Å²) in [5, 5.41) is 2.22. The van der Waals surface area contributed by atoms with E-state index >= 15 is 0 Å². The minimum atomic E-state index is 0.491. The maximum Gasteiger partial charge on any atom is 0.156 e. The second-order valence-electron chi connectivity index (χ2n) is 4.91. The lowest BCUT2D eigenvalue weighted by molar-refractivity contribution is 0.135. The van der Waals surface area contributed by atoms with Gasteiger partial charge in [0.25, 0.3) is 0 Å². The van der Waals surface area contributed by atoms with Crippen molar-refractivity contribution in [3.63, 3.8) is 0 Å². The molecule has 1 heterocycles. The van der Waals surface area contributed by atoms with E-state index in [0.717, 1.165) is 16.5 Å². The number of rotatable bonds is 3. The predicted octanol–water partition coefficient (Wildman–Crippen LogP) is 3.45. The number of hydroxylamine groups is 1. The van der Waals surface area contributed by atoms with E-state index in [4.69, 9.17) is 4.84 Å². The molecule has 3 rings (SSSR count). The molecule has 3 nitrogen and oxygen atoms in total. The van der Waals surface area contributed by atoms with Crippen LogP contribution < -0.4 is 10.3 Å². The largest absolute Gasteiger partial charge is 0.408 e. The Morgan fingerprint density at radius 2 is 2.00 bits per heavy atom. The van der Waals surface area contributed by atoms with E-state index in [1.165, 1.54) is 32.1 Å². The number of fused-ring (bicyclic) bond motifs is 1. The van der Waals surface area contributed by atoms with Gasteiger partial charge >= 0.3 is 0 Å². The molecule has 0 atom stereocenters. The summed E-state index contributed by atoms with van der Waals surface area (Å²) in [5.74, 6) is 0.867. The van der Waals surface area contributed by atoms with Gasteiger partial charge in [-0.25, -0.2) is 0 Å². The molecule has 1 N–H and O–H groups in total. The molecule has 1 aliphatic carbocycles. The van der Waals surface area contributed by atoms with Gasteiger partial charge < -0.3 is 4.84 Å².